The minimum atomic E-state index is -5.03. The SMILES string of the molecule is CCOC(=O)Cn1ncc2c1CCCC2N(C)S(=O)(=O)c1c(F)c(C)c(F)c(C(C)(F)F)c1F. The van der Waals surface area contributed by atoms with E-state index in [1.54, 1.807) is 6.92 Å². The third kappa shape index (κ3) is 4.42. The zero-order valence-corrected chi connectivity index (χ0v) is 19.8. The standard InChI is InChI=1S/C21H24F5N3O4S/c1-5-33-15(30)10-29-14-8-6-7-13(12(14)9-27-29)28(4)34(31,32)20-18(23)11(2)17(22)16(19(20)24)21(3,25)26/h9,13H,5-8,10H2,1-4H3. The molecule has 188 valence electrons. The molecule has 1 atom stereocenters. The first kappa shape index (κ1) is 26.1. The van der Waals surface area contributed by atoms with Crippen LogP contribution >= 0.6 is 0 Å². The summed E-state index contributed by atoms with van der Waals surface area (Å²) in [4.78, 5) is 10.2. The van der Waals surface area contributed by atoms with E-state index in [1.807, 2.05) is 0 Å². The zero-order chi connectivity index (χ0) is 25.6. The Kier molecular flexibility index (Phi) is 7.09. The molecule has 0 saturated carbocycles. The summed E-state index contributed by atoms with van der Waals surface area (Å²) in [6, 6.07) is -0.945. The summed E-state index contributed by atoms with van der Waals surface area (Å²) < 4.78 is 105. The van der Waals surface area contributed by atoms with Gasteiger partial charge in [0.05, 0.1) is 24.4 Å². The van der Waals surface area contributed by atoms with Crippen LogP contribution in [0.15, 0.2) is 11.1 Å². The fraction of sp³-hybridized carbons (Fsp3) is 0.524. The van der Waals surface area contributed by atoms with Gasteiger partial charge in [-0.25, -0.2) is 30.4 Å². The topological polar surface area (TPSA) is 81.5 Å². The summed E-state index contributed by atoms with van der Waals surface area (Å²) in [5.41, 5.74) is -1.90. The lowest BCUT2D eigenvalue weighted by molar-refractivity contribution is -0.144. The highest BCUT2D eigenvalue weighted by atomic mass is 32.2. The molecule has 0 spiro atoms. The smallest absolute Gasteiger partial charge is 0.327 e. The van der Waals surface area contributed by atoms with Crippen LogP contribution in [0.1, 0.15) is 55.1 Å². The van der Waals surface area contributed by atoms with Crippen LogP contribution in [0.2, 0.25) is 0 Å². The van der Waals surface area contributed by atoms with Gasteiger partial charge in [0.1, 0.15) is 12.4 Å². The van der Waals surface area contributed by atoms with Crippen molar-refractivity contribution in [2.45, 2.75) is 63.4 Å². The van der Waals surface area contributed by atoms with Crippen LogP contribution in [0.25, 0.3) is 0 Å². The average Bonchev–Trinajstić information content (AvgIpc) is 3.13. The van der Waals surface area contributed by atoms with E-state index >= 15 is 0 Å². The first-order valence-corrected chi connectivity index (χ1v) is 11.9. The van der Waals surface area contributed by atoms with E-state index in [1.165, 1.54) is 10.9 Å². The molecule has 0 amide bonds. The van der Waals surface area contributed by atoms with Crippen molar-refractivity contribution in [1.29, 1.82) is 0 Å². The molecule has 13 heteroatoms. The first-order valence-electron chi connectivity index (χ1n) is 10.5. The van der Waals surface area contributed by atoms with E-state index in [0.717, 1.165) is 14.0 Å². The van der Waals surface area contributed by atoms with Gasteiger partial charge in [-0.05, 0) is 33.1 Å². The lowest BCUT2D eigenvalue weighted by Crippen LogP contribution is -2.35. The van der Waals surface area contributed by atoms with E-state index in [4.69, 9.17) is 4.74 Å². The molecule has 3 rings (SSSR count). The second-order valence-electron chi connectivity index (χ2n) is 8.10. The molecule has 2 aromatic rings. The predicted octanol–water partition coefficient (Wildman–Crippen LogP) is 3.98. The maximum absolute atomic E-state index is 15.0. The van der Waals surface area contributed by atoms with Crippen molar-refractivity contribution in [1.82, 2.24) is 14.1 Å². The van der Waals surface area contributed by atoms with Gasteiger partial charge in [-0.3, -0.25) is 9.48 Å². The van der Waals surface area contributed by atoms with Gasteiger partial charge in [-0.2, -0.15) is 9.40 Å². The fourth-order valence-electron chi connectivity index (χ4n) is 4.12. The van der Waals surface area contributed by atoms with Crippen LogP contribution in [0.5, 0.6) is 0 Å². The molecule has 0 radical (unpaired) electrons. The Hall–Kier alpha value is -2.54. The minimum Gasteiger partial charge on any atom is -0.465 e. The number of aromatic nitrogens is 2. The van der Waals surface area contributed by atoms with E-state index in [9.17, 15) is 35.2 Å². The van der Waals surface area contributed by atoms with Crippen LogP contribution in [0.4, 0.5) is 22.0 Å². The number of halogens is 5. The highest BCUT2D eigenvalue weighted by molar-refractivity contribution is 7.89. The molecule has 0 aliphatic heterocycles. The Bertz CT molecular complexity index is 1220. The van der Waals surface area contributed by atoms with Gasteiger partial charge >= 0.3 is 5.97 Å². The molecular formula is C21H24F5N3O4S. The van der Waals surface area contributed by atoms with E-state index in [2.05, 4.69) is 5.10 Å². The molecule has 1 heterocycles. The number of esters is 1. The quantitative estimate of drug-likeness (QED) is 0.417. The Morgan fingerprint density at radius 3 is 2.50 bits per heavy atom. The molecule has 7 nitrogen and oxygen atoms in total. The molecule has 0 N–H and O–H groups in total. The van der Waals surface area contributed by atoms with Crippen LogP contribution in [0, 0.1) is 24.4 Å². The Balaban J connectivity index is 2.08. The Morgan fingerprint density at radius 1 is 1.26 bits per heavy atom. The van der Waals surface area contributed by atoms with Crippen molar-refractivity contribution < 1.29 is 39.9 Å². The summed E-state index contributed by atoms with van der Waals surface area (Å²) in [5.74, 6) is -10.4. The van der Waals surface area contributed by atoms with Gasteiger partial charge in [0.2, 0.25) is 10.0 Å². The second kappa shape index (κ2) is 9.25. The van der Waals surface area contributed by atoms with Crippen molar-refractivity contribution in [2.24, 2.45) is 0 Å². The van der Waals surface area contributed by atoms with Crippen molar-refractivity contribution in [3.05, 3.63) is 46.0 Å². The predicted molar refractivity (Wildman–Crippen MR) is 110 cm³/mol. The number of hydrogen-bond acceptors (Lipinski definition) is 5. The molecule has 1 aromatic carbocycles. The molecule has 34 heavy (non-hydrogen) atoms. The number of nitrogens with zero attached hydrogens (tertiary/aromatic N) is 3. The summed E-state index contributed by atoms with van der Waals surface area (Å²) in [6.45, 7) is 2.55. The molecule has 1 aromatic heterocycles. The molecule has 1 aliphatic carbocycles. The van der Waals surface area contributed by atoms with Crippen molar-refractivity contribution in [2.75, 3.05) is 13.7 Å². The number of carbonyl (C=O) groups is 1. The third-order valence-electron chi connectivity index (χ3n) is 5.83. The normalized spacial score (nSPS) is 16.6. The monoisotopic (exact) mass is 509 g/mol. The fourth-order valence-corrected chi connectivity index (χ4v) is 5.67. The molecule has 1 unspecified atom stereocenters. The van der Waals surface area contributed by atoms with E-state index < -0.39 is 61.4 Å². The van der Waals surface area contributed by atoms with Gasteiger partial charge in [-0.1, -0.05) is 0 Å². The second-order valence-corrected chi connectivity index (χ2v) is 10.0. The number of benzene rings is 1. The van der Waals surface area contributed by atoms with Crippen LogP contribution in [0.3, 0.4) is 0 Å². The lowest BCUT2D eigenvalue weighted by atomic mass is 9.93. The number of rotatable bonds is 7. The number of ether oxygens (including phenoxy) is 1. The summed E-state index contributed by atoms with van der Waals surface area (Å²) >= 11 is 0. The lowest BCUT2D eigenvalue weighted by Gasteiger charge is -2.31. The van der Waals surface area contributed by atoms with Crippen molar-refractivity contribution in [3.8, 4) is 0 Å². The van der Waals surface area contributed by atoms with E-state index in [0.29, 0.717) is 28.4 Å². The highest BCUT2D eigenvalue weighted by Crippen LogP contribution is 2.41. The van der Waals surface area contributed by atoms with Gasteiger partial charge < -0.3 is 4.74 Å². The largest absolute Gasteiger partial charge is 0.465 e. The van der Waals surface area contributed by atoms with Crippen molar-refractivity contribution >= 4 is 16.0 Å². The molecule has 0 fully saturated rings. The number of fused-ring (bicyclic) bond motifs is 1. The number of alkyl halides is 2. The zero-order valence-electron chi connectivity index (χ0n) is 19.0. The maximum Gasteiger partial charge on any atom is 0.327 e. The Labute approximate surface area is 193 Å². The van der Waals surface area contributed by atoms with Gasteiger partial charge in [-0.15, -0.1) is 0 Å². The number of carbonyl (C=O) groups excluding carboxylic acids is 1. The minimum absolute atomic E-state index is 0.166. The van der Waals surface area contributed by atoms with E-state index in [-0.39, 0.29) is 26.5 Å². The molecular weight excluding hydrogens is 485 g/mol. The third-order valence-corrected chi connectivity index (χ3v) is 7.71. The molecule has 1 aliphatic rings. The maximum atomic E-state index is 15.0. The highest BCUT2D eigenvalue weighted by Gasteiger charge is 2.43. The summed E-state index contributed by atoms with van der Waals surface area (Å²) in [5, 5.41) is 4.11. The van der Waals surface area contributed by atoms with Gasteiger partial charge in [0.25, 0.3) is 5.92 Å². The first-order chi connectivity index (χ1) is 15.7. The Morgan fingerprint density at radius 2 is 1.91 bits per heavy atom. The van der Waals surface area contributed by atoms with Gasteiger partial charge in [0.15, 0.2) is 16.5 Å². The molecule has 0 bridgehead atoms. The summed E-state index contributed by atoms with van der Waals surface area (Å²) in [6.07, 6.45) is 2.51. The van der Waals surface area contributed by atoms with Gasteiger partial charge in [0, 0.05) is 30.8 Å². The summed E-state index contributed by atoms with van der Waals surface area (Å²) in [7, 11) is -3.98. The van der Waals surface area contributed by atoms with Crippen molar-refractivity contribution in [3.63, 3.8) is 0 Å². The van der Waals surface area contributed by atoms with Crippen LogP contribution in [-0.2, 0) is 38.4 Å². The number of hydrogen-bond donors (Lipinski definition) is 0. The van der Waals surface area contributed by atoms with Crippen LogP contribution in [-0.4, -0.2) is 42.1 Å². The molecule has 0 saturated heterocycles. The van der Waals surface area contributed by atoms with Crippen LogP contribution < -0.4 is 0 Å². The average molecular weight is 509 g/mol. The number of sulfonamides is 1.